The molecule has 4 aromatic rings. The van der Waals surface area contributed by atoms with E-state index in [-0.39, 0.29) is 12.1 Å². The zero-order chi connectivity index (χ0) is 28.1. The van der Waals surface area contributed by atoms with Crippen molar-refractivity contribution >= 4 is 32.7 Å². The second-order valence-electron chi connectivity index (χ2n) is 9.76. The van der Waals surface area contributed by atoms with Crippen LogP contribution in [0, 0.1) is 6.92 Å². The molecule has 1 aliphatic heterocycles. The van der Waals surface area contributed by atoms with Crippen molar-refractivity contribution in [3.63, 3.8) is 0 Å². The van der Waals surface area contributed by atoms with E-state index in [1.54, 1.807) is 31.5 Å². The van der Waals surface area contributed by atoms with Gasteiger partial charge in [-0.15, -0.1) is 0 Å². The number of halogens is 1. The van der Waals surface area contributed by atoms with E-state index < -0.39 is 6.10 Å². The fraction of sp³-hybridized carbons (Fsp3) is 0.379. The van der Waals surface area contributed by atoms with Crippen molar-refractivity contribution in [1.82, 2.24) is 19.9 Å². The summed E-state index contributed by atoms with van der Waals surface area (Å²) >= 11 is 3.46. The standard InChI is InChI=1S/C29H34BrN5O5/c1-18-14-20(40-11-3-8-35-9-12-39-13-10-35)16-23-27(18)34-28(33-23)26-22(6-7-31-29(26)37)32-17-24(36)19-4-5-25(38-2)21(30)15-19/h4-7,14-16,24,36H,3,8-13,17H2,1-2H3,(H,33,34)(H2,31,32,37). The second-order valence-corrected chi connectivity index (χ2v) is 10.6. The number of ether oxygens (including phenoxy) is 3. The largest absolute Gasteiger partial charge is 0.496 e. The molecule has 2 aromatic heterocycles. The molecule has 1 fully saturated rings. The monoisotopic (exact) mass is 611 g/mol. The molecule has 5 rings (SSSR count). The Kier molecular flexibility index (Phi) is 9.05. The number of morpholine rings is 1. The molecular weight excluding hydrogens is 578 g/mol. The molecule has 0 saturated carbocycles. The summed E-state index contributed by atoms with van der Waals surface area (Å²) in [7, 11) is 1.59. The van der Waals surface area contributed by atoms with E-state index in [1.165, 1.54) is 0 Å². The second kappa shape index (κ2) is 12.9. The third-order valence-corrected chi connectivity index (χ3v) is 7.61. The number of imidazole rings is 1. The lowest BCUT2D eigenvalue weighted by Crippen LogP contribution is -2.37. The van der Waals surface area contributed by atoms with Crippen LogP contribution in [0.5, 0.6) is 11.5 Å². The minimum absolute atomic E-state index is 0.191. The van der Waals surface area contributed by atoms with Gasteiger partial charge in [-0.25, -0.2) is 4.98 Å². The van der Waals surface area contributed by atoms with Crippen molar-refractivity contribution in [3.8, 4) is 22.9 Å². The molecule has 10 nitrogen and oxygen atoms in total. The van der Waals surface area contributed by atoms with E-state index in [0.29, 0.717) is 35.0 Å². The van der Waals surface area contributed by atoms with Crippen LogP contribution in [-0.2, 0) is 4.74 Å². The average Bonchev–Trinajstić information content (AvgIpc) is 3.39. The lowest BCUT2D eigenvalue weighted by Gasteiger charge is -2.26. The summed E-state index contributed by atoms with van der Waals surface area (Å²) < 4.78 is 17.5. The molecule has 0 radical (unpaired) electrons. The molecule has 11 heteroatoms. The first-order chi connectivity index (χ1) is 19.4. The Morgan fingerprint density at radius 1 is 1.23 bits per heavy atom. The van der Waals surface area contributed by atoms with Crippen LogP contribution in [0.15, 0.2) is 51.9 Å². The number of aromatic amines is 2. The van der Waals surface area contributed by atoms with Gasteiger partial charge < -0.3 is 34.6 Å². The fourth-order valence-corrected chi connectivity index (χ4v) is 5.40. The first kappa shape index (κ1) is 28.2. The summed E-state index contributed by atoms with van der Waals surface area (Å²) in [5.41, 5.74) is 3.86. The van der Waals surface area contributed by atoms with Crippen LogP contribution in [0.3, 0.4) is 0 Å². The van der Waals surface area contributed by atoms with Gasteiger partial charge in [-0.05, 0) is 64.7 Å². The Morgan fingerprint density at radius 3 is 2.83 bits per heavy atom. The number of aliphatic hydroxyl groups is 1. The molecule has 0 spiro atoms. The van der Waals surface area contributed by atoms with Gasteiger partial charge in [0.05, 0.1) is 54.2 Å². The highest BCUT2D eigenvalue weighted by Gasteiger charge is 2.18. The highest BCUT2D eigenvalue weighted by molar-refractivity contribution is 9.10. The number of aliphatic hydroxyl groups excluding tert-OH is 1. The van der Waals surface area contributed by atoms with Gasteiger partial charge >= 0.3 is 0 Å². The Labute approximate surface area is 240 Å². The molecule has 3 heterocycles. The lowest BCUT2D eigenvalue weighted by atomic mass is 10.1. The van der Waals surface area contributed by atoms with Gasteiger partial charge in [-0.1, -0.05) is 6.07 Å². The maximum atomic E-state index is 12.9. The molecule has 40 heavy (non-hydrogen) atoms. The van der Waals surface area contributed by atoms with Crippen LogP contribution in [0.4, 0.5) is 5.69 Å². The average molecular weight is 613 g/mol. The number of pyridine rings is 1. The molecule has 4 N–H and O–H groups in total. The maximum absolute atomic E-state index is 12.9. The number of aromatic nitrogens is 3. The van der Waals surface area contributed by atoms with Gasteiger partial charge in [0.15, 0.2) is 0 Å². The SMILES string of the molecule is COc1ccc(C(O)CNc2cc[nH]c(=O)c2-c2nc3c(C)cc(OCCCN4CCOCC4)cc3[nH]2)cc1Br. The number of anilines is 1. The summed E-state index contributed by atoms with van der Waals surface area (Å²) in [6.07, 6.45) is 1.69. The predicted molar refractivity (Wildman–Crippen MR) is 158 cm³/mol. The van der Waals surface area contributed by atoms with Crippen molar-refractivity contribution in [3.05, 3.63) is 68.5 Å². The molecule has 1 saturated heterocycles. The summed E-state index contributed by atoms with van der Waals surface area (Å²) in [6.45, 7) is 7.29. The summed E-state index contributed by atoms with van der Waals surface area (Å²) in [6, 6.07) is 11.1. The summed E-state index contributed by atoms with van der Waals surface area (Å²) in [5, 5.41) is 14.0. The zero-order valence-electron chi connectivity index (χ0n) is 22.6. The van der Waals surface area contributed by atoms with Gasteiger partial charge in [0, 0.05) is 38.4 Å². The number of methoxy groups -OCH3 is 1. The van der Waals surface area contributed by atoms with Crippen molar-refractivity contribution < 1.29 is 19.3 Å². The van der Waals surface area contributed by atoms with Gasteiger partial charge in [0.1, 0.15) is 22.9 Å². The van der Waals surface area contributed by atoms with E-state index in [9.17, 15) is 9.90 Å². The van der Waals surface area contributed by atoms with Crippen molar-refractivity contribution in [1.29, 1.82) is 0 Å². The minimum Gasteiger partial charge on any atom is -0.496 e. The fourth-order valence-electron chi connectivity index (χ4n) is 4.84. The normalized spacial score (nSPS) is 14.8. The number of H-pyrrole nitrogens is 2. The van der Waals surface area contributed by atoms with Crippen molar-refractivity contribution in [2.75, 3.05) is 58.4 Å². The quantitative estimate of drug-likeness (QED) is 0.186. The van der Waals surface area contributed by atoms with Gasteiger partial charge in [0.2, 0.25) is 0 Å². The van der Waals surface area contributed by atoms with E-state index in [0.717, 1.165) is 66.1 Å². The lowest BCUT2D eigenvalue weighted by molar-refractivity contribution is 0.0358. The molecule has 1 aliphatic rings. The Bertz CT molecular complexity index is 1510. The van der Waals surface area contributed by atoms with Crippen molar-refractivity contribution in [2.24, 2.45) is 0 Å². The summed E-state index contributed by atoms with van der Waals surface area (Å²) in [4.78, 5) is 26.1. The Balaban J connectivity index is 1.30. The van der Waals surface area contributed by atoms with E-state index >= 15 is 0 Å². The van der Waals surface area contributed by atoms with Crippen LogP contribution in [0.2, 0.25) is 0 Å². The number of aryl methyl sites for hydroxylation is 1. The summed E-state index contributed by atoms with van der Waals surface area (Å²) in [5.74, 6) is 1.88. The molecule has 0 amide bonds. The van der Waals surface area contributed by atoms with Gasteiger partial charge in [-0.3, -0.25) is 9.69 Å². The number of hydrogen-bond donors (Lipinski definition) is 4. The third-order valence-electron chi connectivity index (χ3n) is 6.99. The molecule has 1 atom stereocenters. The molecule has 1 unspecified atom stereocenters. The number of hydrogen-bond acceptors (Lipinski definition) is 8. The molecule has 0 bridgehead atoms. The van der Waals surface area contributed by atoms with Crippen LogP contribution in [0.25, 0.3) is 22.4 Å². The highest BCUT2D eigenvalue weighted by Crippen LogP contribution is 2.30. The van der Waals surface area contributed by atoms with Crippen LogP contribution >= 0.6 is 15.9 Å². The number of nitrogens with zero attached hydrogens (tertiary/aromatic N) is 2. The van der Waals surface area contributed by atoms with E-state index in [2.05, 4.69) is 36.1 Å². The number of fused-ring (bicyclic) bond motifs is 1. The molecular formula is C29H34BrN5O5. The van der Waals surface area contributed by atoms with Gasteiger partial charge in [-0.2, -0.15) is 0 Å². The topological polar surface area (TPSA) is 125 Å². The molecule has 0 aliphatic carbocycles. The Morgan fingerprint density at radius 2 is 2.05 bits per heavy atom. The van der Waals surface area contributed by atoms with Crippen molar-refractivity contribution in [2.45, 2.75) is 19.4 Å². The minimum atomic E-state index is -0.810. The first-order valence-electron chi connectivity index (χ1n) is 13.3. The smallest absolute Gasteiger partial charge is 0.261 e. The van der Waals surface area contributed by atoms with Crippen LogP contribution in [0.1, 0.15) is 23.7 Å². The number of benzene rings is 2. The van der Waals surface area contributed by atoms with E-state index in [4.69, 9.17) is 19.2 Å². The predicted octanol–water partition coefficient (Wildman–Crippen LogP) is 4.24. The third kappa shape index (κ3) is 6.49. The highest BCUT2D eigenvalue weighted by atomic mass is 79.9. The zero-order valence-corrected chi connectivity index (χ0v) is 24.2. The van der Waals surface area contributed by atoms with Crippen LogP contribution in [-0.4, -0.2) is 78.1 Å². The number of nitrogens with one attached hydrogen (secondary N) is 3. The first-order valence-corrected chi connectivity index (χ1v) is 14.1. The molecule has 212 valence electrons. The maximum Gasteiger partial charge on any atom is 0.261 e. The number of rotatable bonds is 11. The van der Waals surface area contributed by atoms with E-state index in [1.807, 2.05) is 25.1 Å². The Hall–Kier alpha value is -3.38. The van der Waals surface area contributed by atoms with Crippen LogP contribution < -0.4 is 20.3 Å². The van der Waals surface area contributed by atoms with Gasteiger partial charge in [0.25, 0.3) is 5.56 Å². The molecule has 2 aromatic carbocycles.